The molecule has 1 atom stereocenters. The van der Waals surface area contributed by atoms with Crippen LogP contribution >= 0.6 is 32.1 Å². The van der Waals surface area contributed by atoms with Crippen LogP contribution < -0.4 is 16.0 Å². The van der Waals surface area contributed by atoms with Gasteiger partial charge in [0.15, 0.2) is 5.96 Å². The molecular formula is C45H70Cl2N4OP+. The van der Waals surface area contributed by atoms with Crippen molar-refractivity contribution in [1.29, 1.82) is 0 Å². The molecule has 294 valence electrons. The van der Waals surface area contributed by atoms with E-state index in [-0.39, 0.29) is 30.7 Å². The Morgan fingerprint density at radius 2 is 1.28 bits per heavy atom. The van der Waals surface area contributed by atoms with Gasteiger partial charge in [-0.2, -0.15) is 0 Å². The van der Waals surface area contributed by atoms with E-state index in [1.807, 2.05) is 0 Å². The number of fused-ring (bicyclic) bond motifs is 1. The molecule has 0 bridgehead atoms. The summed E-state index contributed by atoms with van der Waals surface area (Å²) in [6.07, 6.45) is 26.2. The number of hydrogen-bond acceptors (Lipinski definition) is 2. The van der Waals surface area contributed by atoms with Gasteiger partial charge in [0.25, 0.3) is 0 Å². The highest BCUT2D eigenvalue weighted by molar-refractivity contribution is 7.75. The second-order valence-corrected chi connectivity index (χ2v) is 20.1. The van der Waals surface area contributed by atoms with Crippen molar-refractivity contribution in [2.45, 2.75) is 154 Å². The molecule has 0 unspecified atom stereocenters. The van der Waals surface area contributed by atoms with Crippen molar-refractivity contribution in [3.05, 3.63) is 77.9 Å². The van der Waals surface area contributed by atoms with E-state index in [1.165, 1.54) is 118 Å². The third kappa shape index (κ3) is 14.7. The SMILES string of the molecule is CCCC[P+](CCCC)(CCCC)Cc1ccc(NC(=O)[C@H](Cc2ccc3ccccc3c2)NC(=NC2CCCCC2)NC2CCCCC2)cc1.Cl.Cl. The monoisotopic (exact) mass is 783 g/mol. The van der Waals surface area contributed by atoms with E-state index in [0.717, 1.165) is 42.9 Å². The van der Waals surface area contributed by atoms with E-state index < -0.39 is 13.3 Å². The van der Waals surface area contributed by atoms with E-state index >= 15 is 0 Å². The number of amides is 1. The van der Waals surface area contributed by atoms with Gasteiger partial charge in [-0.3, -0.25) is 4.79 Å². The molecule has 2 fully saturated rings. The first-order valence-electron chi connectivity index (χ1n) is 20.8. The number of unbranched alkanes of at least 4 members (excludes halogenated alkanes) is 3. The van der Waals surface area contributed by atoms with Gasteiger partial charge in [0.2, 0.25) is 5.91 Å². The Labute approximate surface area is 335 Å². The third-order valence-electron chi connectivity index (χ3n) is 11.4. The molecule has 2 saturated carbocycles. The Bertz CT molecular complexity index is 1480. The van der Waals surface area contributed by atoms with Gasteiger partial charge in [-0.25, -0.2) is 4.99 Å². The first kappa shape index (κ1) is 45.1. The van der Waals surface area contributed by atoms with Gasteiger partial charge in [0.1, 0.15) is 6.04 Å². The van der Waals surface area contributed by atoms with Crippen LogP contribution in [0.25, 0.3) is 10.8 Å². The summed E-state index contributed by atoms with van der Waals surface area (Å²) < 4.78 is 0. The van der Waals surface area contributed by atoms with Crippen LogP contribution in [0.15, 0.2) is 71.7 Å². The maximum absolute atomic E-state index is 14.3. The number of guanidine groups is 1. The number of nitrogens with one attached hydrogen (secondary N) is 3. The smallest absolute Gasteiger partial charge is 0.247 e. The highest BCUT2D eigenvalue weighted by Crippen LogP contribution is 2.63. The van der Waals surface area contributed by atoms with E-state index in [4.69, 9.17) is 4.99 Å². The molecule has 2 aliphatic carbocycles. The third-order valence-corrected chi connectivity index (χ3v) is 16.2. The first-order valence-corrected chi connectivity index (χ1v) is 23.4. The number of carbonyl (C=O) groups excluding carboxylic acids is 1. The summed E-state index contributed by atoms with van der Waals surface area (Å²) in [5.74, 6) is 0.810. The zero-order chi connectivity index (χ0) is 35.7. The molecule has 0 aliphatic heterocycles. The van der Waals surface area contributed by atoms with Crippen molar-refractivity contribution >= 4 is 60.4 Å². The number of aliphatic imine (C=N–C) groups is 1. The van der Waals surface area contributed by atoms with Gasteiger partial charge in [-0.05, 0) is 79.0 Å². The molecule has 0 saturated heterocycles. The molecule has 5 nitrogen and oxygen atoms in total. The topological polar surface area (TPSA) is 65.5 Å². The molecule has 0 radical (unpaired) electrons. The minimum absolute atomic E-state index is 0. The molecule has 2 aliphatic rings. The first-order chi connectivity index (χ1) is 25.0. The Morgan fingerprint density at radius 1 is 0.717 bits per heavy atom. The molecule has 3 aromatic carbocycles. The summed E-state index contributed by atoms with van der Waals surface area (Å²) >= 11 is 0. The van der Waals surface area contributed by atoms with Crippen molar-refractivity contribution in [2.75, 3.05) is 23.8 Å². The molecule has 3 aromatic rings. The number of carbonyl (C=O) groups is 1. The molecule has 53 heavy (non-hydrogen) atoms. The van der Waals surface area contributed by atoms with Crippen LogP contribution in [0.5, 0.6) is 0 Å². The van der Waals surface area contributed by atoms with Crippen molar-refractivity contribution in [2.24, 2.45) is 4.99 Å². The molecule has 8 heteroatoms. The molecule has 5 rings (SSSR count). The lowest BCUT2D eigenvalue weighted by Gasteiger charge is -2.29. The molecule has 0 heterocycles. The average molecular weight is 785 g/mol. The number of rotatable bonds is 18. The maximum atomic E-state index is 14.3. The predicted molar refractivity (Wildman–Crippen MR) is 238 cm³/mol. The Kier molecular flexibility index (Phi) is 20.6. The van der Waals surface area contributed by atoms with Gasteiger partial charge in [-0.1, -0.05) is 133 Å². The molecule has 1 amide bonds. The van der Waals surface area contributed by atoms with Crippen LogP contribution in [-0.4, -0.2) is 48.5 Å². The lowest BCUT2D eigenvalue weighted by Crippen LogP contribution is -2.53. The quantitative estimate of drug-likeness (QED) is 0.0684. The average Bonchev–Trinajstić information content (AvgIpc) is 3.16. The predicted octanol–water partition coefficient (Wildman–Crippen LogP) is 12.4. The van der Waals surface area contributed by atoms with Crippen molar-refractivity contribution in [3.63, 3.8) is 0 Å². The lowest BCUT2D eigenvalue weighted by molar-refractivity contribution is -0.117. The van der Waals surface area contributed by atoms with Gasteiger partial charge in [0.05, 0.1) is 30.7 Å². The molecule has 3 N–H and O–H groups in total. The van der Waals surface area contributed by atoms with Gasteiger partial charge < -0.3 is 16.0 Å². The Hall–Kier alpha value is -2.33. The fourth-order valence-electron chi connectivity index (χ4n) is 8.29. The van der Waals surface area contributed by atoms with E-state index in [1.54, 1.807) is 0 Å². The fraction of sp³-hybridized carbons (Fsp3) is 0.600. The fourth-order valence-corrected chi connectivity index (χ4v) is 13.4. The summed E-state index contributed by atoms with van der Waals surface area (Å²) in [5.41, 5.74) is 3.46. The lowest BCUT2D eigenvalue weighted by atomic mass is 9.95. The molecule has 0 aromatic heterocycles. The van der Waals surface area contributed by atoms with Crippen LogP contribution in [0, 0.1) is 0 Å². The molecular weight excluding hydrogens is 714 g/mol. The van der Waals surface area contributed by atoms with Gasteiger partial charge in [0, 0.05) is 25.4 Å². The summed E-state index contributed by atoms with van der Waals surface area (Å²) in [7, 11) is -1.05. The summed E-state index contributed by atoms with van der Waals surface area (Å²) in [5, 5.41) is 13.3. The van der Waals surface area contributed by atoms with Crippen LogP contribution in [0.1, 0.15) is 135 Å². The minimum atomic E-state index is -1.05. The largest absolute Gasteiger partial charge is 0.354 e. The summed E-state index contributed by atoms with van der Waals surface area (Å²) in [4.78, 5) is 19.6. The second-order valence-electron chi connectivity index (χ2n) is 15.7. The van der Waals surface area contributed by atoms with Crippen molar-refractivity contribution < 1.29 is 4.79 Å². The van der Waals surface area contributed by atoms with E-state index in [0.29, 0.717) is 18.5 Å². The van der Waals surface area contributed by atoms with Gasteiger partial charge >= 0.3 is 0 Å². The molecule has 0 spiro atoms. The van der Waals surface area contributed by atoms with Crippen LogP contribution in [-0.2, 0) is 17.4 Å². The Balaban J connectivity index is 0.00000378. The standard InChI is InChI=1S/C45H67N4OP.2ClH/c1-4-7-30-51(31-8-5-2,32-9-6-3)35-36-25-28-42(29-26-36)46-44(50)43(34-37-24-27-38-18-16-17-19-39(38)33-37)49-45(47-40-20-12-10-13-21-40)48-41-22-14-11-15-23-41;;/h16-19,24-29,33,40-41,43H,4-15,20-23,30-32,34-35H2,1-3H3,(H2-,46,47,48,49,50);2*1H/p+1/t43-;;/m0../s1. The summed E-state index contributed by atoms with van der Waals surface area (Å²) in [6.45, 7) is 7.01. The highest BCUT2D eigenvalue weighted by Gasteiger charge is 2.35. The number of halogens is 2. The Morgan fingerprint density at radius 3 is 1.89 bits per heavy atom. The summed E-state index contributed by atoms with van der Waals surface area (Å²) in [6, 6.07) is 24.2. The number of hydrogen-bond donors (Lipinski definition) is 3. The number of nitrogens with zero attached hydrogens (tertiary/aromatic N) is 1. The zero-order valence-electron chi connectivity index (χ0n) is 33.1. The maximum Gasteiger partial charge on any atom is 0.247 e. The van der Waals surface area contributed by atoms with E-state index in [9.17, 15) is 4.79 Å². The number of benzene rings is 3. The normalized spacial score (nSPS) is 16.3. The van der Waals surface area contributed by atoms with Crippen LogP contribution in [0.2, 0.25) is 0 Å². The minimum Gasteiger partial charge on any atom is -0.354 e. The van der Waals surface area contributed by atoms with E-state index in [2.05, 4.69) is 103 Å². The highest BCUT2D eigenvalue weighted by atomic mass is 35.5. The van der Waals surface area contributed by atoms with Crippen molar-refractivity contribution in [3.8, 4) is 0 Å². The van der Waals surface area contributed by atoms with Crippen molar-refractivity contribution in [1.82, 2.24) is 10.6 Å². The zero-order valence-corrected chi connectivity index (χ0v) is 35.6. The van der Waals surface area contributed by atoms with Gasteiger partial charge in [-0.15, -0.1) is 24.8 Å². The van der Waals surface area contributed by atoms with Crippen LogP contribution in [0.4, 0.5) is 5.69 Å². The number of anilines is 1. The van der Waals surface area contributed by atoms with Crippen LogP contribution in [0.3, 0.4) is 0 Å². The second kappa shape index (κ2) is 24.2.